The van der Waals surface area contributed by atoms with Gasteiger partial charge in [-0.15, -0.1) is 0 Å². The number of nitrogens with zero attached hydrogens (tertiary/aromatic N) is 2. The van der Waals surface area contributed by atoms with Crippen LogP contribution in [0, 0.1) is 0 Å². The van der Waals surface area contributed by atoms with E-state index in [-0.39, 0.29) is 11.7 Å². The number of nitrogens with one attached hydrogen (secondary N) is 3. The number of aromatic nitrogens is 1. The van der Waals surface area contributed by atoms with Crippen LogP contribution in [0.1, 0.15) is 18.5 Å². The van der Waals surface area contributed by atoms with Gasteiger partial charge >= 0.3 is 6.03 Å². The molecule has 22 heavy (non-hydrogen) atoms. The number of carbonyl (C=O) groups is 2. The largest absolute Gasteiger partial charge is 0.371 e. The van der Waals surface area contributed by atoms with E-state index in [1.165, 1.54) is 4.90 Å². The second kappa shape index (κ2) is 7.41. The highest BCUT2D eigenvalue weighted by Gasteiger charge is 2.37. The number of amides is 3. The lowest BCUT2D eigenvalue weighted by molar-refractivity contribution is -0.121. The zero-order valence-electron chi connectivity index (χ0n) is 12.1. The molecule has 1 unspecified atom stereocenters. The lowest BCUT2D eigenvalue weighted by Gasteiger charge is -2.21. The summed E-state index contributed by atoms with van der Waals surface area (Å²) in [6, 6.07) is 4.54. The fourth-order valence-corrected chi connectivity index (χ4v) is 2.25. The first-order valence-electron chi connectivity index (χ1n) is 6.96. The molecule has 4 N–H and O–H groups in total. The Balaban J connectivity index is 1.90. The van der Waals surface area contributed by atoms with Crippen molar-refractivity contribution in [2.45, 2.75) is 25.4 Å². The van der Waals surface area contributed by atoms with E-state index < -0.39 is 12.1 Å². The molecule has 0 bridgehead atoms. The maximum absolute atomic E-state index is 11.9. The number of rotatable bonds is 8. The Morgan fingerprint density at radius 2 is 2.27 bits per heavy atom. The van der Waals surface area contributed by atoms with Crippen LogP contribution in [0.25, 0.3) is 0 Å². The standard InChI is InChI=1S/C14H19N5O3/c1-10(18-22)15-8-4-6-12-13(20)17-14(21)19(12)9-11-5-2-3-7-16-11/h2-3,5,7,12,15,18,22H,1,4,6,8-9H2,(H,17,20,21). The summed E-state index contributed by atoms with van der Waals surface area (Å²) in [5.74, 6) is -0.00247. The lowest BCUT2D eigenvalue weighted by atomic mass is 10.1. The highest BCUT2D eigenvalue weighted by atomic mass is 16.5. The molecule has 1 saturated heterocycles. The van der Waals surface area contributed by atoms with Crippen molar-refractivity contribution in [2.75, 3.05) is 6.54 Å². The molecule has 2 rings (SSSR count). The van der Waals surface area contributed by atoms with Crippen molar-refractivity contribution in [3.8, 4) is 0 Å². The number of urea groups is 1. The summed E-state index contributed by atoms with van der Waals surface area (Å²) in [7, 11) is 0. The molecule has 2 heterocycles. The molecule has 3 amide bonds. The molecule has 0 aliphatic carbocycles. The molecule has 1 aromatic heterocycles. The van der Waals surface area contributed by atoms with Crippen LogP contribution in [0.5, 0.6) is 0 Å². The molecule has 0 radical (unpaired) electrons. The molecule has 118 valence electrons. The predicted molar refractivity (Wildman–Crippen MR) is 78.4 cm³/mol. The van der Waals surface area contributed by atoms with Gasteiger partial charge in [0.15, 0.2) is 0 Å². The SMILES string of the molecule is C=C(NO)NCCCC1C(=O)NC(=O)N1Cc1ccccn1. The highest BCUT2D eigenvalue weighted by molar-refractivity contribution is 6.04. The van der Waals surface area contributed by atoms with Crippen LogP contribution in [0.4, 0.5) is 4.79 Å². The van der Waals surface area contributed by atoms with Gasteiger partial charge in [-0.3, -0.25) is 25.8 Å². The van der Waals surface area contributed by atoms with E-state index in [9.17, 15) is 9.59 Å². The van der Waals surface area contributed by atoms with Gasteiger partial charge in [-0.05, 0) is 25.0 Å². The first-order chi connectivity index (χ1) is 10.6. The molecule has 8 nitrogen and oxygen atoms in total. The number of hydrogen-bond donors (Lipinski definition) is 4. The molecule has 0 spiro atoms. The van der Waals surface area contributed by atoms with Crippen molar-refractivity contribution < 1.29 is 14.8 Å². The number of imide groups is 1. The summed E-state index contributed by atoms with van der Waals surface area (Å²) in [5.41, 5.74) is 2.62. The monoisotopic (exact) mass is 305 g/mol. The minimum Gasteiger partial charge on any atom is -0.371 e. The van der Waals surface area contributed by atoms with Crippen LogP contribution >= 0.6 is 0 Å². The Morgan fingerprint density at radius 1 is 1.45 bits per heavy atom. The van der Waals surface area contributed by atoms with Crippen molar-refractivity contribution >= 4 is 11.9 Å². The second-order valence-electron chi connectivity index (χ2n) is 4.92. The van der Waals surface area contributed by atoms with Crippen LogP contribution in [-0.4, -0.2) is 39.6 Å². The van der Waals surface area contributed by atoms with Crippen molar-refractivity contribution in [1.29, 1.82) is 0 Å². The van der Waals surface area contributed by atoms with Gasteiger partial charge < -0.3 is 10.2 Å². The van der Waals surface area contributed by atoms with E-state index in [1.54, 1.807) is 12.3 Å². The van der Waals surface area contributed by atoms with Gasteiger partial charge in [0, 0.05) is 12.7 Å². The Bertz CT molecular complexity index is 549. The van der Waals surface area contributed by atoms with Crippen molar-refractivity contribution in [3.63, 3.8) is 0 Å². The molecule has 1 aliphatic heterocycles. The van der Waals surface area contributed by atoms with Gasteiger partial charge in [-0.25, -0.2) is 4.79 Å². The lowest BCUT2D eigenvalue weighted by Crippen LogP contribution is -2.35. The summed E-state index contributed by atoms with van der Waals surface area (Å²) >= 11 is 0. The van der Waals surface area contributed by atoms with Crippen LogP contribution in [0.15, 0.2) is 36.8 Å². The van der Waals surface area contributed by atoms with Gasteiger partial charge in [-0.1, -0.05) is 12.6 Å². The quantitative estimate of drug-likeness (QED) is 0.313. The second-order valence-corrected chi connectivity index (χ2v) is 4.92. The van der Waals surface area contributed by atoms with Crippen molar-refractivity contribution in [2.24, 2.45) is 0 Å². The molecule has 8 heteroatoms. The Kier molecular flexibility index (Phi) is 5.31. The maximum Gasteiger partial charge on any atom is 0.325 e. The summed E-state index contributed by atoms with van der Waals surface area (Å²) in [5, 5.41) is 13.8. The fraction of sp³-hybridized carbons (Fsp3) is 0.357. The summed E-state index contributed by atoms with van der Waals surface area (Å²) in [4.78, 5) is 29.4. The molecule has 1 aliphatic rings. The van der Waals surface area contributed by atoms with Gasteiger partial charge in [0.1, 0.15) is 11.9 Å². The number of pyridine rings is 1. The van der Waals surface area contributed by atoms with E-state index in [0.717, 1.165) is 5.69 Å². The smallest absolute Gasteiger partial charge is 0.325 e. The normalized spacial score (nSPS) is 17.3. The summed E-state index contributed by atoms with van der Waals surface area (Å²) in [6.45, 7) is 4.34. The Labute approximate surface area is 128 Å². The van der Waals surface area contributed by atoms with Gasteiger partial charge in [0.05, 0.1) is 12.2 Å². The molecule has 1 aromatic rings. The van der Waals surface area contributed by atoms with Crippen molar-refractivity contribution in [3.05, 3.63) is 42.5 Å². The van der Waals surface area contributed by atoms with E-state index >= 15 is 0 Å². The minimum atomic E-state index is -0.508. The third kappa shape index (κ3) is 3.95. The molecular weight excluding hydrogens is 286 g/mol. The van der Waals surface area contributed by atoms with Crippen LogP contribution < -0.4 is 16.1 Å². The number of carbonyl (C=O) groups excluding carboxylic acids is 2. The Morgan fingerprint density at radius 3 is 2.95 bits per heavy atom. The maximum atomic E-state index is 11.9. The van der Waals surface area contributed by atoms with E-state index in [4.69, 9.17) is 5.21 Å². The highest BCUT2D eigenvalue weighted by Crippen LogP contribution is 2.16. The van der Waals surface area contributed by atoms with E-state index in [1.807, 2.05) is 17.6 Å². The van der Waals surface area contributed by atoms with Gasteiger partial charge in [-0.2, -0.15) is 0 Å². The average molecular weight is 305 g/mol. The zero-order valence-corrected chi connectivity index (χ0v) is 12.1. The first kappa shape index (κ1) is 15.8. The van der Waals surface area contributed by atoms with Gasteiger partial charge in [0.25, 0.3) is 5.91 Å². The molecule has 0 aromatic carbocycles. The third-order valence-electron chi connectivity index (χ3n) is 3.36. The third-order valence-corrected chi connectivity index (χ3v) is 3.36. The topological polar surface area (TPSA) is 107 Å². The molecule has 1 atom stereocenters. The van der Waals surface area contributed by atoms with Crippen molar-refractivity contribution in [1.82, 2.24) is 26.0 Å². The fourth-order valence-electron chi connectivity index (χ4n) is 2.25. The molecular formula is C14H19N5O3. The predicted octanol–water partition coefficient (Wildman–Crippen LogP) is 0.322. The Hall–Kier alpha value is -2.61. The number of hydroxylamine groups is 1. The molecule has 1 fully saturated rings. The van der Waals surface area contributed by atoms with Gasteiger partial charge in [0.2, 0.25) is 0 Å². The first-order valence-corrected chi connectivity index (χ1v) is 6.96. The van der Waals surface area contributed by atoms with Crippen LogP contribution in [-0.2, 0) is 11.3 Å². The van der Waals surface area contributed by atoms with E-state index in [0.29, 0.717) is 25.9 Å². The summed E-state index contributed by atoms with van der Waals surface area (Å²) in [6.07, 6.45) is 2.80. The van der Waals surface area contributed by atoms with Crippen LogP contribution in [0.2, 0.25) is 0 Å². The van der Waals surface area contributed by atoms with E-state index in [2.05, 4.69) is 22.2 Å². The molecule has 0 saturated carbocycles. The minimum absolute atomic E-state index is 0.289. The average Bonchev–Trinajstić information content (AvgIpc) is 2.78. The summed E-state index contributed by atoms with van der Waals surface area (Å²) < 4.78 is 0. The van der Waals surface area contributed by atoms with Crippen LogP contribution in [0.3, 0.4) is 0 Å². The zero-order chi connectivity index (χ0) is 15.9. The number of hydrogen-bond acceptors (Lipinski definition) is 6.